The van der Waals surface area contributed by atoms with Crippen molar-refractivity contribution < 1.29 is 4.79 Å². The molecule has 0 unspecified atom stereocenters. The lowest BCUT2D eigenvalue weighted by atomic mass is 9.87. The number of aromatic nitrogens is 1. The molecule has 4 rings (SSSR count). The molecule has 0 saturated carbocycles. The first-order chi connectivity index (χ1) is 12.4. The van der Waals surface area contributed by atoms with Crippen molar-refractivity contribution in [2.45, 2.75) is 51.9 Å². The quantitative estimate of drug-likeness (QED) is 0.623. The maximum absolute atomic E-state index is 12.6. The van der Waals surface area contributed by atoms with E-state index in [-0.39, 0.29) is 11.3 Å². The Kier molecular flexibility index (Phi) is 4.10. The van der Waals surface area contributed by atoms with E-state index >= 15 is 0 Å². The average molecular weight is 346 g/mol. The highest BCUT2D eigenvalue weighted by Gasteiger charge is 2.17. The van der Waals surface area contributed by atoms with E-state index in [1.54, 1.807) is 0 Å². The highest BCUT2D eigenvalue weighted by molar-refractivity contribution is 6.05. The SMILES string of the molecule is CC(C)(C)c1ccc(C(=O)Nc2ccc3[nH]c4c(c3c2)CCCC4)cc1. The number of fused-ring (bicyclic) bond motifs is 3. The summed E-state index contributed by atoms with van der Waals surface area (Å²) in [5.74, 6) is -0.0609. The number of nitrogens with one attached hydrogen (secondary N) is 2. The molecule has 134 valence electrons. The van der Waals surface area contributed by atoms with Gasteiger partial charge < -0.3 is 10.3 Å². The Morgan fingerprint density at radius 2 is 1.73 bits per heavy atom. The third-order valence-electron chi connectivity index (χ3n) is 5.37. The Balaban J connectivity index is 1.57. The van der Waals surface area contributed by atoms with Crippen LogP contribution in [0.3, 0.4) is 0 Å². The third-order valence-corrected chi connectivity index (χ3v) is 5.37. The van der Waals surface area contributed by atoms with Gasteiger partial charge in [0.05, 0.1) is 0 Å². The summed E-state index contributed by atoms with van der Waals surface area (Å²) < 4.78 is 0. The molecule has 0 bridgehead atoms. The van der Waals surface area contributed by atoms with Crippen LogP contribution >= 0.6 is 0 Å². The van der Waals surface area contributed by atoms with Gasteiger partial charge >= 0.3 is 0 Å². The molecule has 1 aromatic heterocycles. The summed E-state index contributed by atoms with van der Waals surface area (Å²) in [6.07, 6.45) is 4.76. The molecule has 2 N–H and O–H groups in total. The van der Waals surface area contributed by atoms with E-state index < -0.39 is 0 Å². The van der Waals surface area contributed by atoms with Crippen molar-refractivity contribution >= 4 is 22.5 Å². The fourth-order valence-electron chi connectivity index (χ4n) is 3.81. The Hall–Kier alpha value is -2.55. The fraction of sp³-hybridized carbons (Fsp3) is 0.348. The third kappa shape index (κ3) is 3.14. The predicted octanol–water partition coefficient (Wildman–Crippen LogP) is 5.60. The van der Waals surface area contributed by atoms with E-state index in [1.807, 2.05) is 30.3 Å². The van der Waals surface area contributed by atoms with Gasteiger partial charge in [-0.05, 0) is 72.6 Å². The second-order valence-corrected chi connectivity index (χ2v) is 8.33. The molecule has 26 heavy (non-hydrogen) atoms. The van der Waals surface area contributed by atoms with Crippen LogP contribution in [0.2, 0.25) is 0 Å². The van der Waals surface area contributed by atoms with E-state index in [4.69, 9.17) is 0 Å². The number of H-pyrrole nitrogens is 1. The minimum absolute atomic E-state index is 0.0609. The normalized spacial score (nSPS) is 14.3. The predicted molar refractivity (Wildman–Crippen MR) is 108 cm³/mol. The van der Waals surface area contributed by atoms with E-state index in [1.165, 1.54) is 40.6 Å². The number of aryl methyl sites for hydroxylation is 2. The number of hydrogen-bond donors (Lipinski definition) is 2. The van der Waals surface area contributed by atoms with Crippen LogP contribution in [-0.2, 0) is 18.3 Å². The first-order valence-electron chi connectivity index (χ1n) is 9.47. The van der Waals surface area contributed by atoms with Gasteiger partial charge in [0.25, 0.3) is 5.91 Å². The fourth-order valence-corrected chi connectivity index (χ4v) is 3.81. The molecule has 0 spiro atoms. The van der Waals surface area contributed by atoms with Gasteiger partial charge in [-0.3, -0.25) is 4.79 Å². The lowest BCUT2D eigenvalue weighted by molar-refractivity contribution is 0.102. The number of anilines is 1. The van der Waals surface area contributed by atoms with Crippen LogP contribution in [0.1, 0.15) is 60.8 Å². The highest BCUT2D eigenvalue weighted by atomic mass is 16.1. The minimum atomic E-state index is -0.0609. The number of amides is 1. The molecule has 2 aromatic carbocycles. The first-order valence-corrected chi connectivity index (χ1v) is 9.47. The maximum atomic E-state index is 12.6. The smallest absolute Gasteiger partial charge is 0.255 e. The summed E-state index contributed by atoms with van der Waals surface area (Å²) in [4.78, 5) is 16.2. The molecule has 0 saturated heterocycles. The zero-order valence-corrected chi connectivity index (χ0v) is 15.8. The Morgan fingerprint density at radius 1 is 1.00 bits per heavy atom. The lowest BCUT2D eigenvalue weighted by Gasteiger charge is -2.19. The van der Waals surface area contributed by atoms with Gasteiger partial charge in [0.2, 0.25) is 0 Å². The number of hydrogen-bond acceptors (Lipinski definition) is 1. The summed E-state index contributed by atoms with van der Waals surface area (Å²) in [5, 5.41) is 4.30. The van der Waals surface area contributed by atoms with Gasteiger partial charge in [-0.2, -0.15) is 0 Å². The molecule has 0 aliphatic heterocycles. The summed E-state index contributed by atoms with van der Waals surface area (Å²) >= 11 is 0. The van der Waals surface area contributed by atoms with Crippen LogP contribution < -0.4 is 5.32 Å². The topological polar surface area (TPSA) is 44.9 Å². The number of carbonyl (C=O) groups excluding carboxylic acids is 1. The molecule has 3 heteroatoms. The molecule has 1 heterocycles. The van der Waals surface area contributed by atoms with Crippen molar-refractivity contribution in [3.8, 4) is 0 Å². The molecule has 1 amide bonds. The van der Waals surface area contributed by atoms with Crippen LogP contribution in [0, 0.1) is 0 Å². The van der Waals surface area contributed by atoms with Crippen LogP contribution in [-0.4, -0.2) is 10.9 Å². The highest BCUT2D eigenvalue weighted by Crippen LogP contribution is 2.31. The standard InChI is InChI=1S/C23H26N2O/c1-23(2,3)16-10-8-15(9-11-16)22(26)24-17-12-13-21-19(14-17)18-6-4-5-7-20(18)25-21/h8-14,25H,4-7H2,1-3H3,(H,24,26). The zero-order valence-electron chi connectivity index (χ0n) is 15.8. The van der Waals surface area contributed by atoms with Gasteiger partial charge in [0.15, 0.2) is 0 Å². The Bertz CT molecular complexity index is 958. The lowest BCUT2D eigenvalue weighted by Crippen LogP contribution is -2.14. The molecule has 3 nitrogen and oxygen atoms in total. The molecule has 3 aromatic rings. The van der Waals surface area contributed by atoms with Crippen molar-refractivity contribution in [1.82, 2.24) is 4.98 Å². The molecular formula is C23H26N2O. The molecule has 1 aliphatic rings. The second kappa shape index (κ2) is 6.31. The maximum Gasteiger partial charge on any atom is 0.255 e. The van der Waals surface area contributed by atoms with Crippen LogP contribution in [0.25, 0.3) is 10.9 Å². The monoisotopic (exact) mass is 346 g/mol. The summed E-state index contributed by atoms with van der Waals surface area (Å²) in [5.41, 5.74) is 6.83. The van der Waals surface area contributed by atoms with Crippen molar-refractivity contribution in [1.29, 1.82) is 0 Å². The van der Waals surface area contributed by atoms with Crippen LogP contribution in [0.15, 0.2) is 42.5 Å². The van der Waals surface area contributed by atoms with Crippen LogP contribution in [0.5, 0.6) is 0 Å². The summed E-state index contributed by atoms with van der Waals surface area (Å²) in [6, 6.07) is 14.1. The molecular weight excluding hydrogens is 320 g/mol. The van der Waals surface area contributed by atoms with Gasteiger partial charge in [0.1, 0.15) is 0 Å². The first kappa shape index (κ1) is 16.9. The number of benzene rings is 2. The van der Waals surface area contributed by atoms with Gasteiger partial charge in [-0.1, -0.05) is 32.9 Å². The number of rotatable bonds is 2. The van der Waals surface area contributed by atoms with Crippen molar-refractivity contribution in [2.75, 3.05) is 5.32 Å². The summed E-state index contributed by atoms with van der Waals surface area (Å²) in [6.45, 7) is 6.53. The van der Waals surface area contributed by atoms with Gasteiger partial charge in [-0.15, -0.1) is 0 Å². The zero-order chi connectivity index (χ0) is 18.3. The average Bonchev–Trinajstić information content (AvgIpc) is 2.99. The van der Waals surface area contributed by atoms with E-state index in [0.717, 1.165) is 18.5 Å². The van der Waals surface area contributed by atoms with E-state index in [2.05, 4.69) is 43.2 Å². The summed E-state index contributed by atoms with van der Waals surface area (Å²) in [7, 11) is 0. The molecule has 1 aliphatic carbocycles. The van der Waals surface area contributed by atoms with E-state index in [9.17, 15) is 4.79 Å². The minimum Gasteiger partial charge on any atom is -0.358 e. The largest absolute Gasteiger partial charge is 0.358 e. The van der Waals surface area contributed by atoms with E-state index in [0.29, 0.717) is 5.56 Å². The van der Waals surface area contributed by atoms with Gasteiger partial charge in [-0.25, -0.2) is 0 Å². The molecule has 0 atom stereocenters. The Morgan fingerprint density at radius 3 is 2.46 bits per heavy atom. The number of aromatic amines is 1. The van der Waals surface area contributed by atoms with Gasteiger partial charge in [0, 0.05) is 27.8 Å². The molecule has 0 radical (unpaired) electrons. The number of carbonyl (C=O) groups is 1. The van der Waals surface area contributed by atoms with Crippen LogP contribution in [0.4, 0.5) is 5.69 Å². The second-order valence-electron chi connectivity index (χ2n) is 8.33. The van der Waals surface area contributed by atoms with Crippen molar-refractivity contribution in [3.05, 3.63) is 64.8 Å². The Labute approximate surface area is 154 Å². The van der Waals surface area contributed by atoms with Crippen molar-refractivity contribution in [2.24, 2.45) is 0 Å². The molecule has 0 fully saturated rings. The van der Waals surface area contributed by atoms with Crippen molar-refractivity contribution in [3.63, 3.8) is 0 Å².